The van der Waals surface area contributed by atoms with Crippen LogP contribution in [0.5, 0.6) is 11.5 Å². The molecular weight excluding hydrogens is 368 g/mol. The lowest BCUT2D eigenvalue weighted by Crippen LogP contribution is -2.30. The Labute approximate surface area is 171 Å². The van der Waals surface area contributed by atoms with Crippen molar-refractivity contribution in [1.82, 2.24) is 4.90 Å². The lowest BCUT2D eigenvalue weighted by Gasteiger charge is -2.17. The molecule has 3 rings (SSSR count). The molecule has 0 bridgehead atoms. The van der Waals surface area contributed by atoms with E-state index in [1.165, 1.54) is 0 Å². The van der Waals surface area contributed by atoms with Crippen molar-refractivity contribution in [3.05, 3.63) is 53.1 Å². The average molecular weight is 396 g/mol. The van der Waals surface area contributed by atoms with Crippen LogP contribution in [0.3, 0.4) is 0 Å². The molecule has 0 radical (unpaired) electrons. The molecule has 1 N–H and O–H groups in total. The maximum absolute atomic E-state index is 12.7. The number of nitrogens with zero attached hydrogens (tertiary/aromatic N) is 1. The van der Waals surface area contributed by atoms with Crippen molar-refractivity contribution in [3.63, 3.8) is 0 Å². The van der Waals surface area contributed by atoms with Gasteiger partial charge in [-0.05, 0) is 55.2 Å². The summed E-state index contributed by atoms with van der Waals surface area (Å²) in [7, 11) is 3.20. The summed E-state index contributed by atoms with van der Waals surface area (Å²) in [5.41, 5.74) is 3.97. The molecule has 0 aliphatic carbocycles. The van der Waals surface area contributed by atoms with Crippen molar-refractivity contribution >= 4 is 17.5 Å². The highest BCUT2D eigenvalue weighted by Crippen LogP contribution is 2.28. The molecule has 2 aromatic rings. The molecule has 0 aromatic heterocycles. The van der Waals surface area contributed by atoms with Crippen LogP contribution in [-0.4, -0.2) is 44.0 Å². The number of carbonyl (C=O) groups is 2. The van der Waals surface area contributed by atoms with Gasteiger partial charge in [0.15, 0.2) is 11.5 Å². The van der Waals surface area contributed by atoms with Gasteiger partial charge >= 0.3 is 0 Å². The minimum atomic E-state index is -0.326. The third-order valence-electron chi connectivity index (χ3n) is 5.35. The molecular formula is C23H28N2O4. The molecule has 2 aromatic carbocycles. The molecule has 154 valence electrons. The Morgan fingerprint density at radius 2 is 1.86 bits per heavy atom. The van der Waals surface area contributed by atoms with Crippen molar-refractivity contribution in [2.24, 2.45) is 5.92 Å². The van der Waals surface area contributed by atoms with Crippen LogP contribution in [0.4, 0.5) is 5.69 Å². The highest BCUT2D eigenvalue weighted by atomic mass is 16.5. The van der Waals surface area contributed by atoms with Gasteiger partial charge in [-0.3, -0.25) is 9.59 Å². The zero-order valence-corrected chi connectivity index (χ0v) is 17.5. The van der Waals surface area contributed by atoms with Gasteiger partial charge in [-0.15, -0.1) is 0 Å². The third kappa shape index (κ3) is 4.88. The monoisotopic (exact) mass is 396 g/mol. The van der Waals surface area contributed by atoms with E-state index in [0.717, 1.165) is 22.4 Å². The highest BCUT2D eigenvalue weighted by Gasteiger charge is 2.34. The number of likely N-dealkylation sites (tertiary alicyclic amines) is 1. The van der Waals surface area contributed by atoms with Gasteiger partial charge in [0.1, 0.15) is 0 Å². The minimum Gasteiger partial charge on any atom is -0.493 e. The maximum Gasteiger partial charge on any atom is 0.229 e. The van der Waals surface area contributed by atoms with E-state index in [1.807, 2.05) is 50.2 Å². The standard InChI is InChI=1S/C23H28N2O4/c1-15-5-6-16(2)19(11-15)24-23(27)18-13-22(26)25(14-18)10-9-17-7-8-20(28-3)21(12-17)29-4/h5-8,11-12,18H,9-10,13-14H2,1-4H3,(H,24,27)/t18-/m0/s1. The lowest BCUT2D eigenvalue weighted by atomic mass is 10.1. The van der Waals surface area contributed by atoms with Crippen LogP contribution in [-0.2, 0) is 16.0 Å². The molecule has 1 aliphatic rings. The fraction of sp³-hybridized carbons (Fsp3) is 0.391. The van der Waals surface area contributed by atoms with E-state index in [1.54, 1.807) is 19.1 Å². The number of rotatable bonds is 7. The van der Waals surface area contributed by atoms with E-state index in [9.17, 15) is 9.59 Å². The summed E-state index contributed by atoms with van der Waals surface area (Å²) in [5, 5.41) is 2.99. The molecule has 0 saturated carbocycles. The summed E-state index contributed by atoms with van der Waals surface area (Å²) in [5.74, 6) is 0.945. The Morgan fingerprint density at radius 3 is 2.59 bits per heavy atom. The second kappa shape index (κ2) is 8.99. The molecule has 0 spiro atoms. The van der Waals surface area contributed by atoms with Gasteiger partial charge in [0.25, 0.3) is 0 Å². The Balaban J connectivity index is 1.58. The number of ether oxygens (including phenoxy) is 2. The average Bonchev–Trinajstić information content (AvgIpc) is 3.09. The third-order valence-corrected chi connectivity index (χ3v) is 5.35. The van der Waals surface area contributed by atoms with Gasteiger partial charge in [-0.25, -0.2) is 0 Å². The molecule has 1 aliphatic heterocycles. The number of hydrogen-bond acceptors (Lipinski definition) is 4. The zero-order valence-electron chi connectivity index (χ0n) is 17.5. The Kier molecular flexibility index (Phi) is 6.42. The van der Waals surface area contributed by atoms with Crippen LogP contribution < -0.4 is 14.8 Å². The molecule has 2 amide bonds. The van der Waals surface area contributed by atoms with E-state index in [0.29, 0.717) is 31.0 Å². The lowest BCUT2D eigenvalue weighted by molar-refractivity contribution is -0.128. The normalized spacial score (nSPS) is 16.1. The summed E-state index contributed by atoms with van der Waals surface area (Å²) >= 11 is 0. The second-order valence-electron chi connectivity index (χ2n) is 7.49. The number of benzene rings is 2. The highest BCUT2D eigenvalue weighted by molar-refractivity contribution is 5.97. The van der Waals surface area contributed by atoms with Crippen molar-refractivity contribution in [1.29, 1.82) is 0 Å². The first-order valence-electron chi connectivity index (χ1n) is 9.78. The SMILES string of the molecule is COc1ccc(CCN2C[C@@H](C(=O)Nc3cc(C)ccc3C)CC2=O)cc1OC. The first-order valence-corrected chi connectivity index (χ1v) is 9.78. The smallest absolute Gasteiger partial charge is 0.229 e. The summed E-state index contributed by atoms with van der Waals surface area (Å²) in [6, 6.07) is 11.7. The van der Waals surface area contributed by atoms with Gasteiger partial charge in [0, 0.05) is 25.2 Å². The van der Waals surface area contributed by atoms with E-state index in [2.05, 4.69) is 5.32 Å². The zero-order chi connectivity index (χ0) is 21.0. The van der Waals surface area contributed by atoms with Crippen LogP contribution in [0.15, 0.2) is 36.4 Å². The minimum absolute atomic E-state index is 0.0200. The van der Waals surface area contributed by atoms with Crippen LogP contribution in [0.25, 0.3) is 0 Å². The summed E-state index contributed by atoms with van der Waals surface area (Å²) < 4.78 is 10.6. The molecule has 1 saturated heterocycles. The van der Waals surface area contributed by atoms with E-state index in [-0.39, 0.29) is 24.2 Å². The number of methoxy groups -OCH3 is 2. The van der Waals surface area contributed by atoms with Gasteiger partial charge in [0.2, 0.25) is 11.8 Å². The number of carbonyl (C=O) groups excluding carboxylic acids is 2. The number of nitrogens with one attached hydrogen (secondary N) is 1. The first kappa shape index (κ1) is 20.7. The molecule has 29 heavy (non-hydrogen) atoms. The molecule has 1 atom stereocenters. The van der Waals surface area contributed by atoms with E-state index < -0.39 is 0 Å². The van der Waals surface area contributed by atoms with Crippen LogP contribution >= 0.6 is 0 Å². The van der Waals surface area contributed by atoms with E-state index in [4.69, 9.17) is 9.47 Å². The number of anilines is 1. The molecule has 1 fully saturated rings. The van der Waals surface area contributed by atoms with Crippen molar-refractivity contribution in [2.45, 2.75) is 26.7 Å². The van der Waals surface area contributed by atoms with Crippen molar-refractivity contribution < 1.29 is 19.1 Å². The summed E-state index contributed by atoms with van der Waals surface area (Å²) in [6.07, 6.45) is 0.944. The van der Waals surface area contributed by atoms with Crippen molar-refractivity contribution in [3.8, 4) is 11.5 Å². The predicted octanol–water partition coefficient (Wildman–Crippen LogP) is 3.35. The Bertz CT molecular complexity index is 910. The largest absolute Gasteiger partial charge is 0.493 e. The Hall–Kier alpha value is -3.02. The predicted molar refractivity (Wildman–Crippen MR) is 112 cm³/mol. The Morgan fingerprint density at radius 1 is 1.10 bits per heavy atom. The topological polar surface area (TPSA) is 67.9 Å². The number of amides is 2. The van der Waals surface area contributed by atoms with Crippen LogP contribution in [0.1, 0.15) is 23.1 Å². The van der Waals surface area contributed by atoms with Crippen LogP contribution in [0.2, 0.25) is 0 Å². The maximum atomic E-state index is 12.7. The molecule has 0 unspecified atom stereocenters. The van der Waals surface area contributed by atoms with Gasteiger partial charge in [0.05, 0.1) is 20.1 Å². The van der Waals surface area contributed by atoms with Crippen molar-refractivity contribution in [2.75, 3.05) is 32.6 Å². The summed E-state index contributed by atoms with van der Waals surface area (Å²) in [6.45, 7) is 4.97. The van der Waals surface area contributed by atoms with Gasteiger partial charge in [-0.1, -0.05) is 18.2 Å². The first-order chi connectivity index (χ1) is 13.9. The molecule has 6 nitrogen and oxygen atoms in total. The van der Waals surface area contributed by atoms with E-state index >= 15 is 0 Å². The second-order valence-corrected chi connectivity index (χ2v) is 7.49. The quantitative estimate of drug-likeness (QED) is 0.779. The van der Waals surface area contributed by atoms with Crippen LogP contribution in [0, 0.1) is 19.8 Å². The van der Waals surface area contributed by atoms with Gasteiger partial charge in [-0.2, -0.15) is 0 Å². The molecule has 1 heterocycles. The number of hydrogen-bond donors (Lipinski definition) is 1. The fourth-order valence-corrected chi connectivity index (χ4v) is 3.57. The number of aryl methyl sites for hydroxylation is 2. The fourth-order valence-electron chi connectivity index (χ4n) is 3.57. The molecule has 6 heteroatoms. The van der Waals surface area contributed by atoms with Gasteiger partial charge < -0.3 is 19.7 Å². The summed E-state index contributed by atoms with van der Waals surface area (Å²) in [4.78, 5) is 26.9.